The van der Waals surface area contributed by atoms with Gasteiger partial charge in [0.15, 0.2) is 0 Å². The summed E-state index contributed by atoms with van der Waals surface area (Å²) in [6.45, 7) is 4.28. The van der Waals surface area contributed by atoms with E-state index >= 15 is 0 Å². The van der Waals surface area contributed by atoms with Gasteiger partial charge in [-0.1, -0.05) is 0 Å². The number of anilines is 1. The molecule has 6 nitrogen and oxygen atoms in total. The van der Waals surface area contributed by atoms with Gasteiger partial charge in [-0.3, -0.25) is 9.69 Å². The Bertz CT molecular complexity index is 549. The number of pyridine rings is 1. The van der Waals surface area contributed by atoms with Gasteiger partial charge in [0, 0.05) is 45.8 Å². The Morgan fingerprint density at radius 2 is 2.14 bits per heavy atom. The van der Waals surface area contributed by atoms with Gasteiger partial charge in [0.1, 0.15) is 5.82 Å². The molecule has 3 rings (SSSR count). The quantitative estimate of drug-likeness (QED) is 0.799. The highest BCUT2D eigenvalue weighted by molar-refractivity contribution is 5.98. The number of hydrogen-bond donors (Lipinski definition) is 0. The van der Waals surface area contributed by atoms with E-state index in [4.69, 9.17) is 4.74 Å². The molecule has 2 aliphatic rings. The van der Waals surface area contributed by atoms with E-state index in [-0.39, 0.29) is 5.91 Å². The van der Waals surface area contributed by atoms with Crippen LogP contribution in [0.3, 0.4) is 0 Å². The lowest BCUT2D eigenvalue weighted by Crippen LogP contribution is -2.43. The third-order valence-corrected chi connectivity index (χ3v) is 4.47. The van der Waals surface area contributed by atoms with Crippen molar-refractivity contribution in [1.82, 2.24) is 14.8 Å². The first-order valence-electron chi connectivity index (χ1n) is 7.76. The van der Waals surface area contributed by atoms with Crippen molar-refractivity contribution in [3.8, 4) is 0 Å². The van der Waals surface area contributed by atoms with E-state index in [2.05, 4.69) is 21.8 Å². The molecule has 0 radical (unpaired) electrons. The first-order valence-corrected chi connectivity index (χ1v) is 7.76. The predicted molar refractivity (Wildman–Crippen MR) is 85.2 cm³/mol. The van der Waals surface area contributed by atoms with Crippen molar-refractivity contribution in [3.05, 3.63) is 23.9 Å². The van der Waals surface area contributed by atoms with E-state index in [9.17, 15) is 4.79 Å². The van der Waals surface area contributed by atoms with E-state index in [1.54, 1.807) is 25.2 Å². The Morgan fingerprint density at radius 1 is 1.32 bits per heavy atom. The summed E-state index contributed by atoms with van der Waals surface area (Å²) < 4.78 is 5.77. The number of likely N-dealkylation sites (N-methyl/N-ethyl adjacent to an activating group) is 1. The van der Waals surface area contributed by atoms with Crippen molar-refractivity contribution < 1.29 is 9.53 Å². The zero-order chi connectivity index (χ0) is 15.7. The van der Waals surface area contributed by atoms with Gasteiger partial charge in [-0.05, 0) is 19.2 Å². The highest BCUT2D eigenvalue weighted by atomic mass is 16.5. The van der Waals surface area contributed by atoms with Crippen LogP contribution < -0.4 is 4.90 Å². The van der Waals surface area contributed by atoms with Crippen LogP contribution in [0.2, 0.25) is 0 Å². The van der Waals surface area contributed by atoms with Gasteiger partial charge in [-0.25, -0.2) is 4.98 Å². The van der Waals surface area contributed by atoms with Crippen LogP contribution in [0, 0.1) is 5.92 Å². The molecule has 0 aromatic carbocycles. The van der Waals surface area contributed by atoms with Crippen LogP contribution in [-0.4, -0.2) is 80.7 Å². The maximum atomic E-state index is 12.4. The van der Waals surface area contributed by atoms with Gasteiger partial charge < -0.3 is 14.5 Å². The molecule has 0 unspecified atom stereocenters. The zero-order valence-electron chi connectivity index (χ0n) is 13.5. The fraction of sp³-hybridized carbons (Fsp3) is 0.625. The Balaban J connectivity index is 1.92. The minimum absolute atomic E-state index is 0.00195. The van der Waals surface area contributed by atoms with Crippen molar-refractivity contribution in [2.24, 2.45) is 5.92 Å². The number of amides is 1. The Morgan fingerprint density at radius 3 is 2.91 bits per heavy atom. The van der Waals surface area contributed by atoms with Crippen molar-refractivity contribution >= 4 is 11.7 Å². The first-order chi connectivity index (χ1) is 10.6. The molecule has 0 aliphatic carbocycles. The monoisotopic (exact) mass is 304 g/mol. The van der Waals surface area contributed by atoms with Crippen LogP contribution >= 0.6 is 0 Å². The van der Waals surface area contributed by atoms with Crippen LogP contribution in [0.1, 0.15) is 10.4 Å². The molecule has 0 N–H and O–H groups in total. The molecule has 2 bridgehead atoms. The Labute approximate surface area is 131 Å². The summed E-state index contributed by atoms with van der Waals surface area (Å²) in [5, 5.41) is 0. The molecule has 2 saturated heterocycles. The summed E-state index contributed by atoms with van der Waals surface area (Å²) in [6.07, 6.45) is 1.77. The second-order valence-corrected chi connectivity index (χ2v) is 6.48. The van der Waals surface area contributed by atoms with E-state index in [0.29, 0.717) is 17.5 Å². The minimum Gasteiger partial charge on any atom is -0.379 e. The maximum absolute atomic E-state index is 12.4. The SMILES string of the molecule is CN(C)C(=O)c1cccnc1N1C[C@@H]2COC[C@H](C1)N(C)C2. The topological polar surface area (TPSA) is 48.9 Å². The lowest BCUT2D eigenvalue weighted by molar-refractivity contribution is 0.0826. The third-order valence-electron chi connectivity index (χ3n) is 4.47. The molecule has 1 aromatic rings. The zero-order valence-corrected chi connectivity index (χ0v) is 13.5. The van der Waals surface area contributed by atoms with Crippen LogP contribution in [0.15, 0.2) is 18.3 Å². The average molecular weight is 304 g/mol. The van der Waals surface area contributed by atoms with Crippen molar-refractivity contribution in [3.63, 3.8) is 0 Å². The van der Waals surface area contributed by atoms with Gasteiger partial charge in [0.2, 0.25) is 0 Å². The molecular weight excluding hydrogens is 280 g/mol. The predicted octanol–water partition coefficient (Wildman–Crippen LogP) is 0.550. The number of ether oxygens (including phenoxy) is 1. The maximum Gasteiger partial charge on any atom is 0.257 e. The molecule has 1 aromatic heterocycles. The van der Waals surface area contributed by atoms with Gasteiger partial charge in [0.05, 0.1) is 24.8 Å². The molecule has 0 saturated carbocycles. The van der Waals surface area contributed by atoms with Crippen LogP contribution in [0.5, 0.6) is 0 Å². The molecule has 22 heavy (non-hydrogen) atoms. The molecule has 2 fully saturated rings. The van der Waals surface area contributed by atoms with Crippen molar-refractivity contribution in [2.45, 2.75) is 6.04 Å². The average Bonchev–Trinajstić information content (AvgIpc) is 2.74. The summed E-state index contributed by atoms with van der Waals surface area (Å²) in [5.74, 6) is 1.25. The van der Waals surface area contributed by atoms with Crippen LogP contribution in [0.4, 0.5) is 5.82 Å². The van der Waals surface area contributed by atoms with Gasteiger partial charge in [-0.15, -0.1) is 0 Å². The second kappa shape index (κ2) is 6.22. The number of carbonyl (C=O) groups excluding carboxylic acids is 1. The highest BCUT2D eigenvalue weighted by Gasteiger charge is 2.33. The number of aromatic nitrogens is 1. The smallest absolute Gasteiger partial charge is 0.257 e. The van der Waals surface area contributed by atoms with Crippen molar-refractivity contribution in [1.29, 1.82) is 0 Å². The fourth-order valence-corrected chi connectivity index (χ4v) is 3.28. The Kier molecular flexibility index (Phi) is 4.31. The van der Waals surface area contributed by atoms with Gasteiger partial charge in [-0.2, -0.15) is 0 Å². The normalized spacial score (nSPS) is 25.7. The van der Waals surface area contributed by atoms with E-state index in [1.165, 1.54) is 0 Å². The second-order valence-electron chi connectivity index (χ2n) is 6.48. The first kappa shape index (κ1) is 15.2. The number of rotatable bonds is 2. The molecule has 2 atom stereocenters. The summed E-state index contributed by atoms with van der Waals surface area (Å²) in [6, 6.07) is 4.04. The van der Waals surface area contributed by atoms with E-state index < -0.39 is 0 Å². The van der Waals surface area contributed by atoms with Gasteiger partial charge in [0.25, 0.3) is 5.91 Å². The minimum atomic E-state index is 0.00195. The lowest BCUT2D eigenvalue weighted by Gasteiger charge is -2.31. The summed E-state index contributed by atoms with van der Waals surface area (Å²) in [7, 11) is 5.70. The summed E-state index contributed by atoms with van der Waals surface area (Å²) >= 11 is 0. The Hall–Kier alpha value is -1.66. The lowest BCUT2D eigenvalue weighted by atomic mass is 10.1. The van der Waals surface area contributed by atoms with Crippen molar-refractivity contribution in [2.75, 3.05) is 58.9 Å². The summed E-state index contributed by atoms with van der Waals surface area (Å²) in [4.78, 5) is 23.2. The van der Waals surface area contributed by atoms with E-state index in [0.717, 1.165) is 38.7 Å². The van der Waals surface area contributed by atoms with Crippen LogP contribution in [-0.2, 0) is 4.74 Å². The van der Waals surface area contributed by atoms with E-state index in [1.807, 2.05) is 12.1 Å². The van der Waals surface area contributed by atoms with Crippen LogP contribution in [0.25, 0.3) is 0 Å². The third kappa shape index (κ3) is 2.94. The summed E-state index contributed by atoms with van der Waals surface area (Å²) in [5.41, 5.74) is 0.677. The highest BCUT2D eigenvalue weighted by Crippen LogP contribution is 2.25. The standard InChI is InChI=1S/C16H24N4O2/c1-18(2)16(21)14-5-4-6-17-15(14)20-8-12-7-19(3)13(9-20)11-22-10-12/h4-6,12-13H,7-11H2,1-3H3/t12-,13+/m1/s1. The number of nitrogens with zero attached hydrogens (tertiary/aromatic N) is 4. The number of carbonyl (C=O) groups is 1. The fourth-order valence-electron chi connectivity index (χ4n) is 3.28. The molecule has 6 heteroatoms. The molecule has 1 amide bonds. The number of hydrogen-bond acceptors (Lipinski definition) is 5. The molecule has 0 spiro atoms. The molecular formula is C16H24N4O2. The molecule has 120 valence electrons. The molecule has 3 heterocycles. The van der Waals surface area contributed by atoms with Gasteiger partial charge >= 0.3 is 0 Å². The largest absolute Gasteiger partial charge is 0.379 e. The number of fused-ring (bicyclic) bond motifs is 3. The molecule has 2 aliphatic heterocycles.